The monoisotopic (exact) mass is 316 g/mol. The molecule has 0 unspecified atom stereocenters. The van der Waals surface area contributed by atoms with Crippen molar-refractivity contribution in [3.63, 3.8) is 0 Å². The van der Waals surface area contributed by atoms with Gasteiger partial charge in [-0.3, -0.25) is 0 Å². The predicted molar refractivity (Wildman–Crippen MR) is 92.2 cm³/mol. The van der Waals surface area contributed by atoms with E-state index in [4.69, 9.17) is 14.5 Å². The van der Waals surface area contributed by atoms with E-state index in [9.17, 15) is 5.02 Å². The van der Waals surface area contributed by atoms with Crippen LogP contribution in [0.2, 0.25) is 0 Å². The molecule has 1 heterocycles. The van der Waals surface area contributed by atoms with Crippen LogP contribution in [0.1, 0.15) is 44.3 Å². The standard InChI is InChI=1S/C18H25BO4/c1-3-4-5-14(2)17-10-11-18(23-19(17)21)15-6-8-16(9-7-15)22-13-12-20/h6-10,18,20-21H,2-5,11-13H2,1H3/t18-/m0/s1. The van der Waals surface area contributed by atoms with E-state index in [0.717, 1.165) is 35.9 Å². The maximum Gasteiger partial charge on any atom is 0.491 e. The zero-order valence-electron chi connectivity index (χ0n) is 13.7. The number of hydrogen-bond acceptors (Lipinski definition) is 4. The molecule has 23 heavy (non-hydrogen) atoms. The number of allylic oxidation sites excluding steroid dienone is 2. The van der Waals surface area contributed by atoms with Gasteiger partial charge in [-0.15, -0.1) is 0 Å². The van der Waals surface area contributed by atoms with Crippen LogP contribution in [-0.4, -0.2) is 30.5 Å². The quantitative estimate of drug-likeness (QED) is 0.723. The van der Waals surface area contributed by atoms with Crippen LogP contribution in [0.5, 0.6) is 5.75 Å². The van der Waals surface area contributed by atoms with Gasteiger partial charge in [-0.1, -0.05) is 43.7 Å². The summed E-state index contributed by atoms with van der Waals surface area (Å²) in [5.74, 6) is 0.711. The molecule has 0 aromatic heterocycles. The minimum Gasteiger partial charge on any atom is -0.491 e. The van der Waals surface area contributed by atoms with Gasteiger partial charge in [0.2, 0.25) is 0 Å². The Balaban J connectivity index is 1.98. The molecule has 0 amide bonds. The fourth-order valence-electron chi connectivity index (χ4n) is 2.63. The van der Waals surface area contributed by atoms with E-state index in [1.165, 1.54) is 0 Å². The highest BCUT2D eigenvalue weighted by molar-refractivity contribution is 6.54. The second kappa shape index (κ2) is 8.92. The summed E-state index contributed by atoms with van der Waals surface area (Å²) in [6, 6.07) is 7.55. The number of rotatable bonds is 8. The lowest BCUT2D eigenvalue weighted by molar-refractivity contribution is 0.168. The molecule has 0 spiro atoms. The molecule has 1 atom stereocenters. The Hall–Kier alpha value is -1.56. The topological polar surface area (TPSA) is 58.9 Å². The molecule has 0 saturated carbocycles. The first-order valence-corrected chi connectivity index (χ1v) is 8.21. The van der Waals surface area contributed by atoms with Crippen molar-refractivity contribution in [2.24, 2.45) is 0 Å². The maximum atomic E-state index is 10.2. The molecule has 1 aromatic carbocycles. The molecule has 0 aliphatic carbocycles. The Bertz CT molecular complexity index is 538. The number of unbranched alkanes of at least 4 members (excludes halogenated alkanes) is 1. The molecule has 1 aromatic rings. The van der Waals surface area contributed by atoms with Crippen molar-refractivity contribution in [1.82, 2.24) is 0 Å². The summed E-state index contributed by atoms with van der Waals surface area (Å²) < 4.78 is 11.1. The summed E-state index contributed by atoms with van der Waals surface area (Å²) >= 11 is 0. The Morgan fingerprint density at radius 3 is 2.74 bits per heavy atom. The third-order valence-corrected chi connectivity index (χ3v) is 3.96. The van der Waals surface area contributed by atoms with E-state index in [1.807, 2.05) is 30.3 Å². The average Bonchev–Trinajstić information content (AvgIpc) is 2.58. The number of benzene rings is 1. The Morgan fingerprint density at radius 2 is 2.13 bits per heavy atom. The lowest BCUT2D eigenvalue weighted by atomic mass is 9.70. The van der Waals surface area contributed by atoms with Crippen molar-refractivity contribution in [1.29, 1.82) is 0 Å². The molecule has 1 aliphatic heterocycles. The first-order chi connectivity index (χ1) is 11.2. The summed E-state index contributed by atoms with van der Waals surface area (Å²) in [6.45, 7) is 6.47. The van der Waals surface area contributed by atoms with Crippen molar-refractivity contribution in [3.05, 3.63) is 53.5 Å². The minimum absolute atomic E-state index is 0.00479. The van der Waals surface area contributed by atoms with Gasteiger partial charge >= 0.3 is 7.12 Å². The molecular formula is C18H25BO4. The molecule has 0 bridgehead atoms. The Morgan fingerprint density at radius 1 is 1.39 bits per heavy atom. The molecule has 124 valence electrons. The molecule has 0 radical (unpaired) electrons. The van der Waals surface area contributed by atoms with Crippen LogP contribution in [-0.2, 0) is 4.65 Å². The van der Waals surface area contributed by atoms with E-state index in [1.54, 1.807) is 0 Å². The number of ether oxygens (including phenoxy) is 1. The number of hydrogen-bond donors (Lipinski definition) is 2. The summed E-state index contributed by atoms with van der Waals surface area (Å²) in [4.78, 5) is 0. The largest absolute Gasteiger partial charge is 0.491 e. The summed E-state index contributed by atoms with van der Waals surface area (Å²) in [5.41, 5.74) is 2.78. The van der Waals surface area contributed by atoms with Crippen LogP contribution < -0.4 is 4.74 Å². The minimum atomic E-state index is -0.913. The van der Waals surface area contributed by atoms with E-state index >= 15 is 0 Å². The highest BCUT2D eigenvalue weighted by Crippen LogP contribution is 2.32. The van der Waals surface area contributed by atoms with Crippen LogP contribution in [0.4, 0.5) is 0 Å². The van der Waals surface area contributed by atoms with Crippen LogP contribution in [0.25, 0.3) is 0 Å². The van der Waals surface area contributed by atoms with Crippen LogP contribution in [0.15, 0.2) is 48.0 Å². The SMILES string of the molecule is C=C(CCCC)C1=CC[C@@H](c2ccc(OCCO)cc2)OB1O. The molecule has 4 nitrogen and oxygen atoms in total. The first-order valence-electron chi connectivity index (χ1n) is 8.21. The molecular weight excluding hydrogens is 291 g/mol. The summed E-state index contributed by atoms with van der Waals surface area (Å²) in [5, 5.41) is 19.0. The fraction of sp³-hybridized carbons (Fsp3) is 0.444. The van der Waals surface area contributed by atoms with Crippen molar-refractivity contribution in [2.75, 3.05) is 13.2 Å². The highest BCUT2D eigenvalue weighted by Gasteiger charge is 2.30. The van der Waals surface area contributed by atoms with E-state index in [-0.39, 0.29) is 19.3 Å². The molecule has 2 rings (SSSR count). The van der Waals surface area contributed by atoms with Gasteiger partial charge in [0.1, 0.15) is 12.4 Å². The zero-order chi connectivity index (χ0) is 16.7. The van der Waals surface area contributed by atoms with Gasteiger partial charge < -0.3 is 19.5 Å². The van der Waals surface area contributed by atoms with Crippen LogP contribution in [0.3, 0.4) is 0 Å². The second-order valence-corrected chi connectivity index (χ2v) is 5.72. The number of aliphatic hydroxyl groups is 1. The summed E-state index contributed by atoms with van der Waals surface area (Å²) in [6.07, 6.45) is 5.66. The smallest absolute Gasteiger partial charge is 0.491 e. The highest BCUT2D eigenvalue weighted by atomic mass is 16.5. The van der Waals surface area contributed by atoms with Crippen molar-refractivity contribution in [2.45, 2.75) is 38.7 Å². The molecule has 2 N–H and O–H groups in total. The van der Waals surface area contributed by atoms with Gasteiger partial charge in [0, 0.05) is 0 Å². The van der Waals surface area contributed by atoms with Gasteiger partial charge in [0.05, 0.1) is 12.7 Å². The maximum absolute atomic E-state index is 10.2. The van der Waals surface area contributed by atoms with Gasteiger partial charge in [0.25, 0.3) is 0 Å². The van der Waals surface area contributed by atoms with Gasteiger partial charge in [-0.05, 0) is 42.4 Å². The van der Waals surface area contributed by atoms with E-state index in [2.05, 4.69) is 13.5 Å². The van der Waals surface area contributed by atoms with Gasteiger partial charge in [-0.2, -0.15) is 0 Å². The van der Waals surface area contributed by atoms with Crippen LogP contribution >= 0.6 is 0 Å². The summed E-state index contributed by atoms with van der Waals surface area (Å²) in [7, 11) is -0.913. The molecule has 1 aliphatic rings. The Labute approximate surface area is 138 Å². The molecule has 0 fully saturated rings. The third-order valence-electron chi connectivity index (χ3n) is 3.96. The fourth-order valence-corrected chi connectivity index (χ4v) is 2.63. The van der Waals surface area contributed by atoms with Gasteiger partial charge in [0.15, 0.2) is 0 Å². The molecule has 0 saturated heterocycles. The van der Waals surface area contributed by atoms with E-state index < -0.39 is 7.12 Å². The van der Waals surface area contributed by atoms with E-state index in [0.29, 0.717) is 12.2 Å². The lowest BCUT2D eigenvalue weighted by Gasteiger charge is -2.26. The number of aliphatic hydroxyl groups excluding tert-OH is 1. The lowest BCUT2D eigenvalue weighted by Crippen LogP contribution is -2.28. The van der Waals surface area contributed by atoms with Crippen molar-refractivity contribution < 1.29 is 19.5 Å². The molecule has 5 heteroatoms. The average molecular weight is 316 g/mol. The second-order valence-electron chi connectivity index (χ2n) is 5.72. The predicted octanol–water partition coefficient (Wildman–Crippen LogP) is 3.21. The first kappa shape index (κ1) is 17.8. The van der Waals surface area contributed by atoms with Gasteiger partial charge in [-0.25, -0.2) is 0 Å². The normalized spacial score (nSPS) is 17.8. The van der Waals surface area contributed by atoms with Crippen molar-refractivity contribution in [3.8, 4) is 5.75 Å². The van der Waals surface area contributed by atoms with Crippen LogP contribution in [0, 0.1) is 0 Å². The third kappa shape index (κ3) is 4.96. The zero-order valence-corrected chi connectivity index (χ0v) is 13.7. The van der Waals surface area contributed by atoms with Crippen molar-refractivity contribution >= 4 is 7.12 Å². The Kier molecular flexibility index (Phi) is 6.90.